The van der Waals surface area contributed by atoms with Crippen LogP contribution in [0.5, 0.6) is 0 Å². The third-order valence-corrected chi connectivity index (χ3v) is 2.45. The maximum atomic E-state index is 12.2. The first-order chi connectivity index (χ1) is 9.29. The van der Waals surface area contributed by atoms with Gasteiger partial charge in [-0.05, 0) is 12.1 Å². The molecule has 0 radical (unpaired) electrons. The van der Waals surface area contributed by atoms with E-state index < -0.39 is 18.1 Å². The van der Waals surface area contributed by atoms with E-state index in [0.29, 0.717) is 5.39 Å². The summed E-state index contributed by atoms with van der Waals surface area (Å²) >= 11 is 0. The lowest BCUT2D eigenvalue weighted by Gasteiger charge is -2.10. The summed E-state index contributed by atoms with van der Waals surface area (Å²) in [5.41, 5.74) is -0.552. The number of alkyl halides is 3. The van der Waals surface area contributed by atoms with E-state index in [2.05, 4.69) is 4.98 Å². The molecule has 0 saturated carbocycles. The van der Waals surface area contributed by atoms with Crippen LogP contribution in [0.1, 0.15) is 10.5 Å². The number of halogens is 3. The number of nitrogens with one attached hydrogen (secondary N) is 1. The molecule has 1 amide bonds. The lowest BCUT2D eigenvalue weighted by Crippen LogP contribution is -2.30. The molecule has 0 unspecified atom stereocenters. The fourth-order valence-electron chi connectivity index (χ4n) is 1.56. The lowest BCUT2D eigenvalue weighted by atomic mass is 10.1. The van der Waals surface area contributed by atoms with Crippen LogP contribution in [-0.2, 0) is 4.79 Å². The molecule has 1 aromatic heterocycles. The number of carbonyl (C=O) groups is 2. The van der Waals surface area contributed by atoms with Crippen LogP contribution in [0.2, 0.25) is 0 Å². The Balaban J connectivity index is 2.50. The van der Waals surface area contributed by atoms with Crippen LogP contribution in [0.3, 0.4) is 0 Å². The van der Waals surface area contributed by atoms with Gasteiger partial charge in [0.1, 0.15) is 5.69 Å². The highest BCUT2D eigenvalue weighted by molar-refractivity contribution is 6.03. The number of anilines is 1. The zero-order valence-corrected chi connectivity index (χ0v) is 9.73. The molecule has 1 aromatic carbocycles. The van der Waals surface area contributed by atoms with Crippen LogP contribution in [0.4, 0.5) is 18.9 Å². The first-order valence-electron chi connectivity index (χ1n) is 5.30. The highest BCUT2D eigenvalue weighted by Crippen LogP contribution is 2.24. The van der Waals surface area contributed by atoms with E-state index in [4.69, 9.17) is 5.11 Å². The quantitative estimate of drug-likeness (QED) is 0.887. The van der Waals surface area contributed by atoms with Gasteiger partial charge in [0.05, 0.1) is 11.2 Å². The van der Waals surface area contributed by atoms with E-state index >= 15 is 0 Å². The molecule has 0 aliphatic heterocycles. The maximum Gasteiger partial charge on any atom is 0.471 e. The van der Waals surface area contributed by atoms with E-state index in [1.165, 1.54) is 30.3 Å². The summed E-state index contributed by atoms with van der Waals surface area (Å²) < 4.78 is 36.6. The summed E-state index contributed by atoms with van der Waals surface area (Å²) in [4.78, 5) is 25.5. The average Bonchev–Trinajstić information content (AvgIpc) is 2.37. The van der Waals surface area contributed by atoms with Crippen molar-refractivity contribution in [2.24, 2.45) is 0 Å². The Morgan fingerprint density at radius 3 is 2.45 bits per heavy atom. The second kappa shape index (κ2) is 4.80. The molecule has 2 rings (SSSR count). The standard InChI is InChI=1S/C12H7F3N2O3/c13-12(14,15)11(20)17-7-3-1-2-6-4-5-8(10(18)19)16-9(6)7/h1-5H,(H,17,20)(H,18,19). The molecule has 104 valence electrons. The van der Waals surface area contributed by atoms with Crippen LogP contribution >= 0.6 is 0 Å². The predicted octanol–water partition coefficient (Wildman–Crippen LogP) is 2.43. The average molecular weight is 284 g/mol. The van der Waals surface area contributed by atoms with E-state index in [-0.39, 0.29) is 16.9 Å². The molecule has 2 aromatic rings. The normalized spacial score (nSPS) is 11.3. The van der Waals surface area contributed by atoms with Crippen molar-refractivity contribution < 1.29 is 27.9 Å². The number of para-hydroxylation sites is 1. The fraction of sp³-hybridized carbons (Fsp3) is 0.0833. The molecule has 20 heavy (non-hydrogen) atoms. The Kier molecular flexibility index (Phi) is 3.31. The highest BCUT2D eigenvalue weighted by Gasteiger charge is 2.38. The number of hydrogen-bond donors (Lipinski definition) is 2. The van der Waals surface area contributed by atoms with Crippen molar-refractivity contribution in [2.75, 3.05) is 5.32 Å². The molecule has 2 N–H and O–H groups in total. The first-order valence-corrected chi connectivity index (χ1v) is 5.30. The van der Waals surface area contributed by atoms with Gasteiger partial charge in [-0.3, -0.25) is 4.79 Å². The number of rotatable bonds is 2. The van der Waals surface area contributed by atoms with E-state index in [1.54, 1.807) is 5.32 Å². The summed E-state index contributed by atoms with van der Waals surface area (Å²) in [5, 5.41) is 10.9. The second-order valence-corrected chi connectivity index (χ2v) is 3.83. The number of amides is 1. The number of carbonyl (C=O) groups excluding carboxylic acids is 1. The van der Waals surface area contributed by atoms with Crippen molar-refractivity contribution in [1.29, 1.82) is 0 Å². The Bertz CT molecular complexity index is 698. The molecular formula is C12H7F3N2O3. The van der Waals surface area contributed by atoms with E-state index in [9.17, 15) is 22.8 Å². The Labute approximate surface area is 110 Å². The maximum absolute atomic E-state index is 12.2. The van der Waals surface area contributed by atoms with E-state index in [0.717, 1.165) is 0 Å². The predicted molar refractivity (Wildman–Crippen MR) is 63.4 cm³/mol. The minimum atomic E-state index is -5.04. The van der Waals surface area contributed by atoms with Gasteiger partial charge in [0.25, 0.3) is 0 Å². The van der Waals surface area contributed by atoms with Gasteiger partial charge >= 0.3 is 18.1 Å². The molecule has 5 nitrogen and oxygen atoms in total. The third kappa shape index (κ3) is 2.68. The lowest BCUT2D eigenvalue weighted by molar-refractivity contribution is -0.167. The minimum Gasteiger partial charge on any atom is -0.477 e. The van der Waals surface area contributed by atoms with Crippen LogP contribution in [-0.4, -0.2) is 28.1 Å². The molecule has 0 aliphatic carbocycles. The van der Waals surface area contributed by atoms with Gasteiger partial charge in [0.15, 0.2) is 0 Å². The number of aromatic carboxylic acids is 1. The molecule has 0 spiro atoms. The summed E-state index contributed by atoms with van der Waals surface area (Å²) in [6.07, 6.45) is -5.04. The molecule has 0 saturated heterocycles. The van der Waals surface area contributed by atoms with Gasteiger partial charge in [-0.2, -0.15) is 13.2 Å². The summed E-state index contributed by atoms with van der Waals surface area (Å²) in [7, 11) is 0. The summed E-state index contributed by atoms with van der Waals surface area (Å²) in [5.74, 6) is -3.46. The van der Waals surface area contributed by atoms with Crippen LogP contribution in [0.15, 0.2) is 30.3 Å². The van der Waals surface area contributed by atoms with Crippen LogP contribution < -0.4 is 5.32 Å². The number of aromatic nitrogens is 1. The Hall–Kier alpha value is -2.64. The number of fused-ring (bicyclic) bond motifs is 1. The smallest absolute Gasteiger partial charge is 0.471 e. The third-order valence-electron chi connectivity index (χ3n) is 2.45. The van der Waals surface area contributed by atoms with Crippen molar-refractivity contribution >= 4 is 28.5 Å². The number of nitrogens with zero attached hydrogens (tertiary/aromatic N) is 1. The molecule has 0 fully saturated rings. The van der Waals surface area contributed by atoms with Gasteiger partial charge in [0, 0.05) is 5.39 Å². The minimum absolute atomic E-state index is 0.0231. The van der Waals surface area contributed by atoms with Crippen LogP contribution in [0.25, 0.3) is 10.9 Å². The highest BCUT2D eigenvalue weighted by atomic mass is 19.4. The number of carboxylic acid groups (broad SMARTS) is 1. The van der Waals surface area contributed by atoms with Crippen LogP contribution in [0, 0.1) is 0 Å². The van der Waals surface area contributed by atoms with E-state index in [1.807, 2.05) is 0 Å². The van der Waals surface area contributed by atoms with Gasteiger partial charge < -0.3 is 10.4 Å². The molecular weight excluding hydrogens is 277 g/mol. The number of hydrogen-bond acceptors (Lipinski definition) is 3. The Morgan fingerprint density at radius 2 is 1.85 bits per heavy atom. The van der Waals surface area contributed by atoms with Crippen molar-refractivity contribution in [3.8, 4) is 0 Å². The monoisotopic (exact) mass is 284 g/mol. The number of benzene rings is 1. The van der Waals surface area contributed by atoms with Crippen molar-refractivity contribution in [1.82, 2.24) is 4.98 Å². The summed E-state index contributed by atoms with van der Waals surface area (Å²) in [6.45, 7) is 0. The first kappa shape index (κ1) is 13.8. The molecule has 8 heteroatoms. The van der Waals surface area contributed by atoms with Gasteiger partial charge in [-0.15, -0.1) is 0 Å². The van der Waals surface area contributed by atoms with Gasteiger partial charge in [0.2, 0.25) is 0 Å². The molecule has 1 heterocycles. The SMILES string of the molecule is O=C(O)c1ccc2cccc(NC(=O)C(F)(F)F)c2n1. The zero-order chi connectivity index (χ0) is 14.9. The number of carboxylic acids is 1. The fourth-order valence-corrected chi connectivity index (χ4v) is 1.56. The second-order valence-electron chi connectivity index (χ2n) is 3.83. The van der Waals surface area contributed by atoms with Gasteiger partial charge in [-0.1, -0.05) is 18.2 Å². The molecule has 0 bridgehead atoms. The van der Waals surface area contributed by atoms with Crippen molar-refractivity contribution in [2.45, 2.75) is 6.18 Å². The Morgan fingerprint density at radius 1 is 1.15 bits per heavy atom. The van der Waals surface area contributed by atoms with Gasteiger partial charge in [-0.25, -0.2) is 9.78 Å². The molecule has 0 atom stereocenters. The topological polar surface area (TPSA) is 79.3 Å². The summed E-state index contributed by atoms with van der Waals surface area (Å²) in [6, 6.07) is 6.80. The molecule has 0 aliphatic rings. The number of pyridine rings is 1. The van der Waals surface area contributed by atoms with Crippen molar-refractivity contribution in [3.63, 3.8) is 0 Å². The zero-order valence-electron chi connectivity index (χ0n) is 9.73. The largest absolute Gasteiger partial charge is 0.477 e. The van der Waals surface area contributed by atoms with Crippen molar-refractivity contribution in [3.05, 3.63) is 36.0 Å².